The molecule has 3 rings (SSSR count). The van der Waals surface area contributed by atoms with Crippen molar-refractivity contribution >= 4 is 22.9 Å². The van der Waals surface area contributed by atoms with Crippen LogP contribution in [0.15, 0.2) is 36.5 Å². The largest absolute Gasteiger partial charge is 0.463 e. The number of benzene rings is 2. The lowest BCUT2D eigenvalue weighted by Gasteiger charge is -2.13. The van der Waals surface area contributed by atoms with E-state index in [1.54, 1.807) is 13.0 Å². The number of aromatic nitrogens is 1. The van der Waals surface area contributed by atoms with Gasteiger partial charge in [0.15, 0.2) is 11.6 Å². The van der Waals surface area contributed by atoms with Crippen molar-refractivity contribution in [1.82, 2.24) is 4.98 Å². The molecule has 142 valence electrons. The van der Waals surface area contributed by atoms with E-state index in [4.69, 9.17) is 14.7 Å². The number of H-pyrrole nitrogens is 1. The van der Waals surface area contributed by atoms with Gasteiger partial charge in [0.2, 0.25) is 5.82 Å². The summed E-state index contributed by atoms with van der Waals surface area (Å²) in [7, 11) is 0. The molecule has 0 saturated heterocycles. The van der Waals surface area contributed by atoms with Gasteiger partial charge in [0.1, 0.15) is 17.6 Å². The second-order valence-electron chi connectivity index (χ2n) is 5.58. The van der Waals surface area contributed by atoms with E-state index in [1.807, 2.05) is 0 Å². The molecule has 0 aliphatic carbocycles. The lowest BCUT2D eigenvalue weighted by Crippen LogP contribution is -2.00. The third-order valence-electron chi connectivity index (χ3n) is 3.84. The van der Waals surface area contributed by atoms with Crippen molar-refractivity contribution in [2.45, 2.75) is 6.92 Å². The van der Waals surface area contributed by atoms with Crippen molar-refractivity contribution in [3.8, 4) is 17.6 Å². The first-order valence-corrected chi connectivity index (χ1v) is 8.16. The van der Waals surface area contributed by atoms with Gasteiger partial charge in [-0.15, -0.1) is 0 Å². The number of rotatable bonds is 5. The van der Waals surface area contributed by atoms with Gasteiger partial charge in [-0.25, -0.2) is 13.6 Å². The molecule has 0 unspecified atom stereocenters. The number of ether oxygens (including phenoxy) is 2. The molecule has 28 heavy (non-hydrogen) atoms. The van der Waals surface area contributed by atoms with Gasteiger partial charge in [-0.1, -0.05) is 0 Å². The number of carbonyl (C=O) groups excluding carboxylic acids is 1. The van der Waals surface area contributed by atoms with Crippen LogP contribution in [0.3, 0.4) is 0 Å². The quantitative estimate of drug-likeness (QED) is 0.504. The van der Waals surface area contributed by atoms with Crippen molar-refractivity contribution in [3.05, 3.63) is 65.1 Å². The third-order valence-corrected chi connectivity index (χ3v) is 3.84. The van der Waals surface area contributed by atoms with Gasteiger partial charge < -0.3 is 14.5 Å². The van der Waals surface area contributed by atoms with E-state index in [9.17, 15) is 18.0 Å². The fourth-order valence-corrected chi connectivity index (χ4v) is 2.60. The average Bonchev–Trinajstić information content (AvgIpc) is 3.17. The predicted molar refractivity (Wildman–Crippen MR) is 95.1 cm³/mol. The highest BCUT2D eigenvalue weighted by atomic mass is 19.2. The van der Waals surface area contributed by atoms with Crippen molar-refractivity contribution in [2.75, 3.05) is 6.61 Å². The lowest BCUT2D eigenvalue weighted by atomic mass is 10.1. The molecule has 5 nitrogen and oxygen atoms in total. The highest BCUT2D eigenvalue weighted by Gasteiger charge is 2.22. The minimum atomic E-state index is -1.30. The van der Waals surface area contributed by atoms with E-state index in [1.165, 1.54) is 24.4 Å². The summed E-state index contributed by atoms with van der Waals surface area (Å²) in [5.74, 6) is -4.51. The predicted octanol–water partition coefficient (Wildman–Crippen LogP) is 4.83. The Hall–Kier alpha value is -3.73. The Kier molecular flexibility index (Phi) is 5.36. The van der Waals surface area contributed by atoms with E-state index in [-0.39, 0.29) is 34.4 Å². The van der Waals surface area contributed by atoms with Crippen molar-refractivity contribution in [3.63, 3.8) is 0 Å². The van der Waals surface area contributed by atoms with E-state index < -0.39 is 29.2 Å². The summed E-state index contributed by atoms with van der Waals surface area (Å²) >= 11 is 0. The molecule has 3 aromatic rings. The number of halogens is 3. The monoisotopic (exact) mass is 386 g/mol. The Morgan fingerprint density at radius 1 is 1.25 bits per heavy atom. The molecule has 0 saturated carbocycles. The zero-order chi connectivity index (χ0) is 20.3. The molecule has 2 aromatic carbocycles. The first kappa shape index (κ1) is 19.0. The Morgan fingerprint density at radius 2 is 2.04 bits per heavy atom. The van der Waals surface area contributed by atoms with Crippen LogP contribution in [0.1, 0.15) is 18.1 Å². The molecule has 0 amide bonds. The van der Waals surface area contributed by atoms with E-state index >= 15 is 0 Å². The fourth-order valence-electron chi connectivity index (χ4n) is 2.60. The zero-order valence-electron chi connectivity index (χ0n) is 14.6. The van der Waals surface area contributed by atoms with Crippen LogP contribution in [0.2, 0.25) is 0 Å². The SMILES string of the molecule is CCOC(=O)/C=C/c1c(Oc2ccc(F)c(C#N)c2)c(F)c(F)c2[nH]ccc12. The number of aromatic amines is 1. The molecule has 8 heteroatoms. The smallest absolute Gasteiger partial charge is 0.330 e. The first-order chi connectivity index (χ1) is 13.5. The van der Waals surface area contributed by atoms with Crippen LogP contribution < -0.4 is 4.74 Å². The molecule has 0 fully saturated rings. The number of nitrogens with one attached hydrogen (secondary N) is 1. The van der Waals surface area contributed by atoms with Crippen LogP contribution in [0, 0.1) is 28.8 Å². The van der Waals surface area contributed by atoms with Crippen LogP contribution in [0.4, 0.5) is 13.2 Å². The molecule has 0 atom stereocenters. The molecule has 1 N–H and O–H groups in total. The fraction of sp³-hybridized carbons (Fsp3) is 0.100. The van der Waals surface area contributed by atoms with Gasteiger partial charge in [0.05, 0.1) is 17.7 Å². The van der Waals surface area contributed by atoms with Crippen molar-refractivity contribution < 1.29 is 27.4 Å². The highest BCUT2D eigenvalue weighted by Crippen LogP contribution is 2.37. The molecule has 1 aromatic heterocycles. The van der Waals surface area contributed by atoms with Crippen LogP contribution in [0.5, 0.6) is 11.5 Å². The second-order valence-corrected chi connectivity index (χ2v) is 5.58. The maximum Gasteiger partial charge on any atom is 0.330 e. The van der Waals surface area contributed by atoms with E-state index in [0.29, 0.717) is 0 Å². The van der Waals surface area contributed by atoms with Crippen LogP contribution in [-0.4, -0.2) is 17.6 Å². The second kappa shape index (κ2) is 7.88. The summed E-state index contributed by atoms with van der Waals surface area (Å²) in [4.78, 5) is 14.2. The van der Waals surface area contributed by atoms with Crippen molar-refractivity contribution in [2.24, 2.45) is 0 Å². The normalized spacial score (nSPS) is 11.0. The van der Waals surface area contributed by atoms with Crippen molar-refractivity contribution in [1.29, 1.82) is 5.26 Å². The standard InChI is InChI=1S/C20H13F3N2O3/c1-2-27-16(26)6-4-14-13-7-8-25-19(13)17(22)18(23)20(14)28-12-3-5-15(21)11(9-12)10-24/h3-9,25H,2H2,1H3/b6-4+. The number of fused-ring (bicyclic) bond motifs is 1. The zero-order valence-corrected chi connectivity index (χ0v) is 14.6. The topological polar surface area (TPSA) is 75.1 Å². The maximum atomic E-state index is 14.7. The summed E-state index contributed by atoms with van der Waals surface area (Å²) < 4.78 is 52.8. The Bertz CT molecular complexity index is 1130. The summed E-state index contributed by atoms with van der Waals surface area (Å²) in [6, 6.07) is 6.34. The maximum absolute atomic E-state index is 14.7. The van der Waals surface area contributed by atoms with Gasteiger partial charge in [-0.2, -0.15) is 9.65 Å². The highest BCUT2D eigenvalue weighted by molar-refractivity contribution is 5.96. The summed E-state index contributed by atoms with van der Waals surface area (Å²) in [5, 5.41) is 9.19. The molecule has 1 heterocycles. The van der Waals surface area contributed by atoms with Gasteiger partial charge in [-0.05, 0) is 31.2 Å². The van der Waals surface area contributed by atoms with Crippen LogP contribution in [0.25, 0.3) is 17.0 Å². The first-order valence-electron chi connectivity index (χ1n) is 8.16. The van der Waals surface area contributed by atoms with Gasteiger partial charge in [0, 0.05) is 29.3 Å². The van der Waals surface area contributed by atoms with Crippen LogP contribution in [-0.2, 0) is 9.53 Å². The minimum Gasteiger partial charge on any atom is -0.463 e. The number of esters is 1. The molecule has 0 spiro atoms. The molecule has 0 radical (unpaired) electrons. The number of hydrogen-bond donors (Lipinski definition) is 1. The number of nitrogens with zero attached hydrogens (tertiary/aromatic N) is 1. The molecular formula is C20H13F3N2O3. The molecular weight excluding hydrogens is 373 g/mol. The summed E-state index contributed by atoms with van der Waals surface area (Å²) in [5.41, 5.74) is -0.346. The number of nitriles is 1. The van der Waals surface area contributed by atoms with Crippen LogP contribution >= 0.6 is 0 Å². The average molecular weight is 386 g/mol. The Labute approximate surface area is 157 Å². The summed E-state index contributed by atoms with van der Waals surface area (Å²) in [6.45, 7) is 1.78. The van der Waals surface area contributed by atoms with Gasteiger partial charge in [0.25, 0.3) is 0 Å². The molecule has 0 aliphatic heterocycles. The summed E-state index contributed by atoms with van der Waals surface area (Å²) in [6.07, 6.45) is 3.70. The minimum absolute atomic E-state index is 0.0723. The molecule has 0 aliphatic rings. The number of hydrogen-bond acceptors (Lipinski definition) is 4. The Morgan fingerprint density at radius 3 is 2.75 bits per heavy atom. The van der Waals surface area contributed by atoms with Gasteiger partial charge >= 0.3 is 5.97 Å². The third kappa shape index (κ3) is 3.55. The Balaban J connectivity index is 2.15. The lowest BCUT2D eigenvalue weighted by molar-refractivity contribution is -0.137. The van der Waals surface area contributed by atoms with Gasteiger partial charge in [-0.3, -0.25) is 0 Å². The van der Waals surface area contributed by atoms with E-state index in [2.05, 4.69) is 4.98 Å². The molecule has 0 bridgehead atoms. The number of carbonyl (C=O) groups is 1. The van der Waals surface area contributed by atoms with E-state index in [0.717, 1.165) is 18.2 Å².